The molecule has 0 aliphatic carbocycles. The Morgan fingerprint density at radius 3 is 2.62 bits per heavy atom. The number of ether oxygens (including phenoxy) is 2. The Bertz CT molecular complexity index is 394. The van der Waals surface area contributed by atoms with Gasteiger partial charge >= 0.3 is 0 Å². The van der Waals surface area contributed by atoms with Crippen molar-refractivity contribution < 1.29 is 18.3 Å². The van der Waals surface area contributed by atoms with Crippen molar-refractivity contribution in [2.45, 2.75) is 6.54 Å². The van der Waals surface area contributed by atoms with Gasteiger partial charge in [-0.1, -0.05) is 17.2 Å². The third-order valence-corrected chi connectivity index (χ3v) is 1.77. The summed E-state index contributed by atoms with van der Waals surface area (Å²) in [6.07, 6.45) is 0. The van der Waals surface area contributed by atoms with E-state index in [1.807, 2.05) is 0 Å². The minimum Gasteiger partial charge on any atom is -0.459 e. The maximum Gasteiger partial charge on any atom is 0.228 e. The molecule has 0 spiro atoms. The van der Waals surface area contributed by atoms with Crippen molar-refractivity contribution in [2.75, 3.05) is 13.7 Å². The molecule has 0 saturated heterocycles. The molecule has 7 heteroatoms. The second-order valence-electron chi connectivity index (χ2n) is 2.64. The molecule has 0 radical (unpaired) electrons. The molecule has 0 N–H and O–H groups in total. The Hall–Kier alpha value is -2.01. The van der Waals surface area contributed by atoms with Crippen LogP contribution in [0.25, 0.3) is 10.4 Å². The van der Waals surface area contributed by atoms with Crippen molar-refractivity contribution in [1.82, 2.24) is 0 Å². The molecule has 0 aliphatic heterocycles. The van der Waals surface area contributed by atoms with Crippen LogP contribution in [0.4, 0.5) is 8.78 Å². The predicted molar refractivity (Wildman–Crippen MR) is 52.5 cm³/mol. The molecule has 1 aromatic carbocycles. The highest BCUT2D eigenvalue weighted by molar-refractivity contribution is 5.46. The van der Waals surface area contributed by atoms with Gasteiger partial charge < -0.3 is 9.47 Å². The van der Waals surface area contributed by atoms with Crippen molar-refractivity contribution in [3.8, 4) is 11.5 Å². The molecule has 1 aromatic rings. The van der Waals surface area contributed by atoms with Crippen molar-refractivity contribution >= 4 is 0 Å². The molecule has 0 aliphatic rings. The quantitative estimate of drug-likeness (QED) is 0.427. The first-order valence-corrected chi connectivity index (χ1v) is 4.33. The first kappa shape index (κ1) is 12.1. The summed E-state index contributed by atoms with van der Waals surface area (Å²) in [6, 6.07) is 4.58. The van der Waals surface area contributed by atoms with Gasteiger partial charge in [-0.2, -0.15) is 0 Å². The molecule has 86 valence electrons. The molecular weight excluding hydrogens is 220 g/mol. The molecule has 0 unspecified atom stereocenters. The van der Waals surface area contributed by atoms with Crippen molar-refractivity contribution in [3.63, 3.8) is 0 Å². The van der Waals surface area contributed by atoms with Gasteiger partial charge in [0.2, 0.25) is 13.7 Å². The van der Waals surface area contributed by atoms with Crippen LogP contribution >= 0.6 is 0 Å². The van der Waals surface area contributed by atoms with E-state index in [2.05, 4.69) is 19.5 Å². The molecule has 16 heavy (non-hydrogen) atoms. The van der Waals surface area contributed by atoms with E-state index in [9.17, 15) is 8.78 Å². The molecule has 0 amide bonds. The number of alkyl halides is 2. The number of hydrogen-bond acceptors (Lipinski definition) is 3. The van der Waals surface area contributed by atoms with Crippen LogP contribution in [-0.2, 0) is 6.54 Å². The number of hydrogen-bond donors (Lipinski definition) is 0. The van der Waals surface area contributed by atoms with Gasteiger partial charge in [0, 0.05) is 10.5 Å². The van der Waals surface area contributed by atoms with Crippen LogP contribution in [0.2, 0.25) is 0 Å². The highest BCUT2D eigenvalue weighted by atomic mass is 19.1. The summed E-state index contributed by atoms with van der Waals surface area (Å²) in [6.45, 7) is -2.14. The van der Waals surface area contributed by atoms with E-state index in [0.29, 0.717) is 5.56 Å². The monoisotopic (exact) mass is 229 g/mol. The van der Waals surface area contributed by atoms with Crippen LogP contribution in [-0.4, -0.2) is 13.7 Å². The van der Waals surface area contributed by atoms with Gasteiger partial charge in [-0.25, -0.2) is 8.78 Å². The third kappa shape index (κ3) is 2.99. The normalized spacial score (nSPS) is 9.38. The molecule has 0 saturated carbocycles. The highest BCUT2D eigenvalue weighted by Crippen LogP contribution is 2.32. The SMILES string of the molecule is [N-]=[N+]=NCc1cccc(OCF)c1OCF. The lowest BCUT2D eigenvalue weighted by Gasteiger charge is -2.11. The van der Waals surface area contributed by atoms with Gasteiger partial charge in [-0.3, -0.25) is 0 Å². The number of halogens is 2. The maximum absolute atomic E-state index is 12.1. The number of rotatable bonds is 6. The predicted octanol–water partition coefficient (Wildman–Crippen LogP) is 3.11. The molecule has 1 rings (SSSR count). The van der Waals surface area contributed by atoms with E-state index in [4.69, 9.17) is 5.53 Å². The topological polar surface area (TPSA) is 67.2 Å². The number of benzene rings is 1. The summed E-state index contributed by atoms with van der Waals surface area (Å²) < 4.78 is 33.4. The van der Waals surface area contributed by atoms with Gasteiger partial charge in [-0.05, 0) is 11.6 Å². The summed E-state index contributed by atoms with van der Waals surface area (Å²) in [4.78, 5) is 2.57. The van der Waals surface area contributed by atoms with Crippen molar-refractivity contribution in [3.05, 3.63) is 34.2 Å². The fraction of sp³-hybridized carbons (Fsp3) is 0.333. The Morgan fingerprint density at radius 1 is 1.25 bits per heavy atom. The number of nitrogens with zero attached hydrogens (tertiary/aromatic N) is 3. The van der Waals surface area contributed by atoms with Gasteiger partial charge in [0.05, 0.1) is 6.54 Å². The average Bonchev–Trinajstić information content (AvgIpc) is 2.30. The second-order valence-corrected chi connectivity index (χ2v) is 2.64. The van der Waals surface area contributed by atoms with Crippen LogP contribution in [0.5, 0.6) is 11.5 Å². The molecule has 0 atom stereocenters. The standard InChI is InChI=1S/C9H9F2N3O2/c10-5-15-8-3-1-2-7(4-13-14-12)9(8)16-6-11/h1-3H,4-6H2. The van der Waals surface area contributed by atoms with Gasteiger partial charge in [0.25, 0.3) is 0 Å². The van der Waals surface area contributed by atoms with Gasteiger partial charge in [0.1, 0.15) is 0 Å². The molecule has 0 heterocycles. The first-order chi connectivity index (χ1) is 7.83. The summed E-state index contributed by atoms with van der Waals surface area (Å²) in [5.74, 6) is 0.126. The zero-order valence-corrected chi connectivity index (χ0v) is 8.27. The zero-order chi connectivity index (χ0) is 11.8. The maximum atomic E-state index is 12.1. The fourth-order valence-corrected chi connectivity index (χ4v) is 1.18. The zero-order valence-electron chi connectivity index (χ0n) is 8.27. The summed E-state index contributed by atoms with van der Waals surface area (Å²) in [5.41, 5.74) is 8.61. The molecule has 0 aromatic heterocycles. The minimum absolute atomic E-state index is 0.0185. The van der Waals surface area contributed by atoms with Gasteiger partial charge in [0.15, 0.2) is 11.5 Å². The summed E-state index contributed by atoms with van der Waals surface area (Å²) in [7, 11) is 0. The molecular formula is C9H9F2N3O2. The Morgan fingerprint density at radius 2 is 2.00 bits per heavy atom. The molecule has 5 nitrogen and oxygen atoms in total. The van der Waals surface area contributed by atoms with Crippen LogP contribution in [0.3, 0.4) is 0 Å². The lowest BCUT2D eigenvalue weighted by atomic mass is 10.2. The Kier molecular flexibility index (Phi) is 4.88. The highest BCUT2D eigenvalue weighted by Gasteiger charge is 2.10. The largest absolute Gasteiger partial charge is 0.459 e. The lowest BCUT2D eigenvalue weighted by Crippen LogP contribution is -2.00. The first-order valence-electron chi connectivity index (χ1n) is 4.33. The van der Waals surface area contributed by atoms with Crippen molar-refractivity contribution in [2.24, 2.45) is 5.11 Å². The van der Waals surface area contributed by atoms with E-state index >= 15 is 0 Å². The van der Waals surface area contributed by atoms with E-state index in [0.717, 1.165) is 0 Å². The van der Waals surface area contributed by atoms with Crippen LogP contribution < -0.4 is 9.47 Å². The van der Waals surface area contributed by atoms with E-state index < -0.39 is 13.7 Å². The molecule has 0 bridgehead atoms. The van der Waals surface area contributed by atoms with Crippen LogP contribution in [0.1, 0.15) is 5.56 Å². The second kappa shape index (κ2) is 6.47. The third-order valence-electron chi connectivity index (χ3n) is 1.77. The van der Waals surface area contributed by atoms with Crippen LogP contribution in [0, 0.1) is 0 Å². The summed E-state index contributed by atoms with van der Waals surface area (Å²) in [5, 5.41) is 3.31. The van der Waals surface area contributed by atoms with E-state index in [1.165, 1.54) is 6.07 Å². The van der Waals surface area contributed by atoms with Crippen LogP contribution in [0.15, 0.2) is 23.3 Å². The van der Waals surface area contributed by atoms with Crippen molar-refractivity contribution in [1.29, 1.82) is 0 Å². The number of para-hydroxylation sites is 1. The van der Waals surface area contributed by atoms with E-state index in [-0.39, 0.29) is 18.0 Å². The Labute approximate surface area is 90.2 Å². The number of azide groups is 1. The summed E-state index contributed by atoms with van der Waals surface area (Å²) >= 11 is 0. The smallest absolute Gasteiger partial charge is 0.228 e. The lowest BCUT2D eigenvalue weighted by molar-refractivity contribution is 0.156. The average molecular weight is 229 g/mol. The molecule has 0 fully saturated rings. The van der Waals surface area contributed by atoms with Gasteiger partial charge in [-0.15, -0.1) is 0 Å². The van der Waals surface area contributed by atoms with E-state index in [1.54, 1.807) is 12.1 Å². The Balaban J connectivity index is 3.04. The fourth-order valence-electron chi connectivity index (χ4n) is 1.18. The minimum atomic E-state index is -1.07.